The second kappa shape index (κ2) is 5.72. The van der Waals surface area contributed by atoms with Crippen molar-refractivity contribution in [2.75, 3.05) is 4.72 Å². The Hall–Kier alpha value is -2.09. The lowest BCUT2D eigenvalue weighted by molar-refractivity contribution is 0.151. The summed E-state index contributed by atoms with van der Waals surface area (Å²) in [5, 5.41) is 0. The Morgan fingerprint density at radius 1 is 0.952 bits per heavy atom. The van der Waals surface area contributed by atoms with Crippen LogP contribution in [-0.4, -0.2) is 8.42 Å². The number of sulfonamides is 1. The number of hydrogen-bond donors (Lipinski definition) is 1. The monoisotopic (exact) mass is 319 g/mol. The van der Waals surface area contributed by atoms with Crippen LogP contribution in [0.2, 0.25) is 0 Å². The number of benzene rings is 2. The van der Waals surface area contributed by atoms with Crippen LogP contribution in [0.5, 0.6) is 0 Å². The fraction of sp³-hybridized carbons (Fsp3) is 0.0769. The van der Waals surface area contributed by atoms with Gasteiger partial charge in [-0.3, -0.25) is 4.72 Å². The lowest BCUT2D eigenvalue weighted by atomic mass is 10.2. The van der Waals surface area contributed by atoms with Crippen LogP contribution >= 0.6 is 0 Å². The van der Waals surface area contributed by atoms with Gasteiger partial charge in [0.05, 0.1) is 10.6 Å². The molecule has 0 fully saturated rings. The highest BCUT2D eigenvalue weighted by atomic mass is 32.2. The van der Waals surface area contributed by atoms with E-state index >= 15 is 0 Å². The van der Waals surface area contributed by atoms with E-state index in [-0.39, 0.29) is 10.5 Å². The normalized spacial score (nSPS) is 11.7. The first-order valence-corrected chi connectivity index (χ1v) is 7.14. The largest absolute Gasteiger partial charge is 0.277 e. The average Bonchev–Trinajstić information content (AvgIpc) is 2.42. The predicted molar refractivity (Wildman–Crippen MR) is 68.6 cm³/mol. The summed E-state index contributed by atoms with van der Waals surface area (Å²) in [5.74, 6) is -1.93. The van der Waals surface area contributed by atoms with E-state index in [0.717, 1.165) is 36.4 Å². The van der Waals surface area contributed by atoms with Crippen molar-refractivity contribution in [2.45, 2.75) is 11.3 Å². The molecule has 0 bridgehead atoms. The summed E-state index contributed by atoms with van der Waals surface area (Å²) in [7, 11) is -4.15. The number of alkyl halides is 2. The van der Waals surface area contributed by atoms with Crippen molar-refractivity contribution in [3.05, 3.63) is 59.7 Å². The topological polar surface area (TPSA) is 46.2 Å². The Kier molecular flexibility index (Phi) is 4.17. The molecule has 0 atom stereocenters. The first-order valence-electron chi connectivity index (χ1n) is 5.65. The maximum absolute atomic E-state index is 13.4. The third-order valence-electron chi connectivity index (χ3n) is 2.62. The van der Waals surface area contributed by atoms with E-state index in [1.54, 1.807) is 0 Å². The van der Waals surface area contributed by atoms with Gasteiger partial charge in [0, 0.05) is 11.6 Å². The molecule has 8 heteroatoms. The molecule has 0 aromatic heterocycles. The Labute approximate surface area is 118 Å². The quantitative estimate of drug-likeness (QED) is 0.873. The zero-order chi connectivity index (χ0) is 15.6. The van der Waals surface area contributed by atoms with Crippen LogP contribution in [0.15, 0.2) is 47.4 Å². The van der Waals surface area contributed by atoms with E-state index in [2.05, 4.69) is 0 Å². The molecule has 0 aliphatic rings. The van der Waals surface area contributed by atoms with Crippen molar-refractivity contribution in [2.24, 2.45) is 0 Å². The van der Waals surface area contributed by atoms with Crippen LogP contribution < -0.4 is 4.72 Å². The summed E-state index contributed by atoms with van der Waals surface area (Å²) in [5.41, 5.74) is -0.767. The molecule has 0 aliphatic carbocycles. The molecule has 0 heterocycles. The Bertz CT molecular complexity index is 745. The molecular weight excluding hydrogens is 310 g/mol. The van der Waals surface area contributed by atoms with Crippen molar-refractivity contribution in [1.82, 2.24) is 0 Å². The van der Waals surface area contributed by atoms with Gasteiger partial charge in [0.15, 0.2) is 0 Å². The van der Waals surface area contributed by atoms with Crippen LogP contribution in [-0.2, 0) is 10.0 Å². The van der Waals surface area contributed by atoms with E-state index < -0.39 is 33.8 Å². The predicted octanol–water partition coefficient (Wildman–Crippen LogP) is 3.70. The molecule has 1 N–H and O–H groups in total. The molecule has 21 heavy (non-hydrogen) atoms. The molecule has 2 rings (SSSR count). The molecular formula is C13H9F4NO2S. The molecule has 0 saturated carbocycles. The van der Waals surface area contributed by atoms with Gasteiger partial charge >= 0.3 is 0 Å². The zero-order valence-electron chi connectivity index (χ0n) is 10.4. The molecule has 0 aliphatic heterocycles. The van der Waals surface area contributed by atoms with Gasteiger partial charge in [0.25, 0.3) is 16.4 Å². The van der Waals surface area contributed by atoms with Gasteiger partial charge in [-0.1, -0.05) is 12.1 Å². The SMILES string of the molecule is O=S(=O)(Nc1ccc(F)cc1F)c1ccc(C(F)F)cc1. The number of halogens is 4. The summed E-state index contributed by atoms with van der Waals surface area (Å²) in [4.78, 5) is -0.310. The first kappa shape index (κ1) is 15.3. The third kappa shape index (κ3) is 3.52. The van der Waals surface area contributed by atoms with Gasteiger partial charge < -0.3 is 0 Å². The molecule has 0 amide bonds. The Morgan fingerprint density at radius 2 is 1.57 bits per heavy atom. The van der Waals surface area contributed by atoms with E-state index in [1.807, 2.05) is 4.72 Å². The van der Waals surface area contributed by atoms with Gasteiger partial charge in [0.2, 0.25) is 0 Å². The van der Waals surface area contributed by atoms with Crippen LogP contribution in [0, 0.1) is 11.6 Å². The second-order valence-corrected chi connectivity index (χ2v) is 5.78. The lowest BCUT2D eigenvalue weighted by Gasteiger charge is -2.09. The van der Waals surface area contributed by atoms with E-state index in [4.69, 9.17) is 0 Å². The van der Waals surface area contributed by atoms with Crippen molar-refractivity contribution in [3.8, 4) is 0 Å². The van der Waals surface area contributed by atoms with Crippen LogP contribution in [0.1, 0.15) is 12.0 Å². The summed E-state index contributed by atoms with van der Waals surface area (Å²) in [6.07, 6.45) is -2.72. The molecule has 2 aromatic rings. The van der Waals surface area contributed by atoms with Crippen molar-refractivity contribution >= 4 is 15.7 Å². The highest BCUT2D eigenvalue weighted by Gasteiger charge is 2.17. The highest BCUT2D eigenvalue weighted by molar-refractivity contribution is 7.92. The molecule has 0 unspecified atom stereocenters. The minimum Gasteiger partial charge on any atom is -0.277 e. The van der Waals surface area contributed by atoms with Gasteiger partial charge in [-0.15, -0.1) is 0 Å². The Morgan fingerprint density at radius 3 is 2.10 bits per heavy atom. The molecule has 0 saturated heterocycles. The maximum Gasteiger partial charge on any atom is 0.263 e. The minimum atomic E-state index is -4.15. The highest BCUT2D eigenvalue weighted by Crippen LogP contribution is 2.23. The average molecular weight is 319 g/mol. The standard InChI is InChI=1S/C13H9F4NO2S/c14-9-3-6-12(11(15)7-9)18-21(19,20)10-4-1-8(2-5-10)13(16)17/h1-7,13,18H. The number of hydrogen-bond acceptors (Lipinski definition) is 2. The number of nitrogens with one attached hydrogen (secondary N) is 1. The smallest absolute Gasteiger partial charge is 0.263 e. The molecule has 2 aromatic carbocycles. The maximum atomic E-state index is 13.4. The fourth-order valence-electron chi connectivity index (χ4n) is 1.57. The third-order valence-corrected chi connectivity index (χ3v) is 4.00. The zero-order valence-corrected chi connectivity index (χ0v) is 11.2. The fourth-order valence-corrected chi connectivity index (χ4v) is 2.64. The van der Waals surface area contributed by atoms with E-state index in [0.29, 0.717) is 6.07 Å². The van der Waals surface area contributed by atoms with Gasteiger partial charge in [-0.2, -0.15) is 0 Å². The summed E-state index contributed by atoms with van der Waals surface area (Å²) >= 11 is 0. The van der Waals surface area contributed by atoms with Crippen LogP contribution in [0.4, 0.5) is 23.2 Å². The van der Waals surface area contributed by atoms with Crippen LogP contribution in [0.3, 0.4) is 0 Å². The number of anilines is 1. The molecule has 3 nitrogen and oxygen atoms in total. The first-order chi connectivity index (χ1) is 9.79. The van der Waals surface area contributed by atoms with Crippen LogP contribution in [0.25, 0.3) is 0 Å². The van der Waals surface area contributed by atoms with Gasteiger partial charge in [-0.05, 0) is 24.3 Å². The number of rotatable bonds is 4. The van der Waals surface area contributed by atoms with E-state index in [9.17, 15) is 26.0 Å². The lowest BCUT2D eigenvalue weighted by Crippen LogP contribution is -2.14. The minimum absolute atomic E-state index is 0.310. The molecule has 0 spiro atoms. The van der Waals surface area contributed by atoms with Crippen molar-refractivity contribution in [3.63, 3.8) is 0 Å². The summed E-state index contributed by atoms with van der Waals surface area (Å²) in [6.45, 7) is 0. The molecule has 112 valence electrons. The van der Waals surface area contributed by atoms with Crippen molar-refractivity contribution in [1.29, 1.82) is 0 Å². The van der Waals surface area contributed by atoms with Gasteiger partial charge in [0.1, 0.15) is 11.6 Å². The van der Waals surface area contributed by atoms with E-state index in [1.165, 1.54) is 0 Å². The Balaban J connectivity index is 2.29. The van der Waals surface area contributed by atoms with Gasteiger partial charge in [-0.25, -0.2) is 26.0 Å². The summed E-state index contributed by atoms with van der Waals surface area (Å²) < 4.78 is 76.7. The second-order valence-electron chi connectivity index (χ2n) is 4.10. The summed E-state index contributed by atoms with van der Waals surface area (Å²) in [6, 6.07) is 6.21. The molecule has 0 radical (unpaired) electrons. The van der Waals surface area contributed by atoms with Crippen molar-refractivity contribution < 1.29 is 26.0 Å².